The van der Waals surface area contributed by atoms with Crippen LogP contribution in [0.1, 0.15) is 24.0 Å². The molecule has 1 aliphatic heterocycles. The van der Waals surface area contributed by atoms with Crippen LogP contribution >= 0.6 is 0 Å². The van der Waals surface area contributed by atoms with Gasteiger partial charge in [-0.2, -0.15) is 13.2 Å². The average Bonchev–Trinajstić information content (AvgIpc) is 2.63. The predicted octanol–water partition coefficient (Wildman–Crippen LogP) is 3.58. The molecule has 0 radical (unpaired) electrons. The van der Waals surface area contributed by atoms with Gasteiger partial charge in [-0.15, -0.1) is 0 Å². The van der Waals surface area contributed by atoms with Crippen LogP contribution in [0.5, 0.6) is 5.88 Å². The number of anilines is 1. The molecular formula is C18H21F3N4O. The van der Waals surface area contributed by atoms with Crippen molar-refractivity contribution >= 4 is 5.82 Å². The third-order valence-electron chi connectivity index (χ3n) is 4.50. The fourth-order valence-electron chi connectivity index (χ4n) is 3.18. The lowest BCUT2D eigenvalue weighted by atomic mass is 10.0. The van der Waals surface area contributed by atoms with Crippen molar-refractivity contribution in [1.82, 2.24) is 14.9 Å². The molecule has 1 aliphatic rings. The number of methoxy groups -OCH3 is 1. The first-order chi connectivity index (χ1) is 12.5. The zero-order chi connectivity index (χ0) is 18.6. The number of alkyl halides is 3. The van der Waals surface area contributed by atoms with Crippen LogP contribution in [-0.4, -0.2) is 41.1 Å². The van der Waals surface area contributed by atoms with Gasteiger partial charge in [-0.3, -0.25) is 4.90 Å². The van der Waals surface area contributed by atoms with Crippen molar-refractivity contribution in [3.63, 3.8) is 0 Å². The summed E-state index contributed by atoms with van der Waals surface area (Å²) >= 11 is 0. The maximum absolute atomic E-state index is 13.1. The molecule has 1 N–H and O–H groups in total. The summed E-state index contributed by atoms with van der Waals surface area (Å²) in [6, 6.07) is 5.96. The summed E-state index contributed by atoms with van der Waals surface area (Å²) in [4.78, 5) is 10.4. The molecule has 1 fully saturated rings. The van der Waals surface area contributed by atoms with Gasteiger partial charge >= 0.3 is 6.18 Å². The van der Waals surface area contributed by atoms with Crippen LogP contribution in [0.15, 0.2) is 36.7 Å². The standard InChI is InChI=1S/C18H21F3N4O/c1-26-17-16(22-8-9-23-17)24-14-6-10-25(11-7-14)12-13-4-2-3-5-15(13)18(19,20)21/h2-5,8-9,14H,6-7,10-12H2,1H3,(H,22,24). The zero-order valence-corrected chi connectivity index (χ0v) is 14.5. The second kappa shape index (κ2) is 7.90. The number of hydrogen-bond donors (Lipinski definition) is 1. The minimum atomic E-state index is -4.32. The second-order valence-electron chi connectivity index (χ2n) is 6.26. The number of aromatic nitrogens is 2. The molecule has 0 unspecified atom stereocenters. The van der Waals surface area contributed by atoms with Gasteiger partial charge < -0.3 is 10.1 Å². The molecule has 0 bridgehead atoms. The monoisotopic (exact) mass is 366 g/mol. The van der Waals surface area contributed by atoms with E-state index in [0.29, 0.717) is 36.9 Å². The molecule has 5 nitrogen and oxygen atoms in total. The summed E-state index contributed by atoms with van der Waals surface area (Å²) in [6.07, 6.45) is 0.458. The van der Waals surface area contributed by atoms with Crippen molar-refractivity contribution < 1.29 is 17.9 Å². The summed E-state index contributed by atoms with van der Waals surface area (Å²) in [5, 5.41) is 3.32. The molecule has 0 atom stereocenters. The molecule has 26 heavy (non-hydrogen) atoms. The Morgan fingerprint density at radius 2 is 1.85 bits per heavy atom. The average molecular weight is 366 g/mol. The lowest BCUT2D eigenvalue weighted by molar-refractivity contribution is -0.138. The van der Waals surface area contributed by atoms with Crippen LogP contribution in [0, 0.1) is 0 Å². The van der Waals surface area contributed by atoms with Gasteiger partial charge in [0.15, 0.2) is 5.82 Å². The molecule has 3 rings (SSSR count). The van der Waals surface area contributed by atoms with Crippen molar-refractivity contribution in [1.29, 1.82) is 0 Å². The highest BCUT2D eigenvalue weighted by molar-refractivity contribution is 5.45. The lowest BCUT2D eigenvalue weighted by Gasteiger charge is -2.33. The van der Waals surface area contributed by atoms with E-state index in [9.17, 15) is 13.2 Å². The molecular weight excluding hydrogens is 345 g/mol. The Morgan fingerprint density at radius 3 is 2.54 bits per heavy atom. The van der Waals surface area contributed by atoms with Crippen LogP contribution < -0.4 is 10.1 Å². The largest absolute Gasteiger partial charge is 0.478 e. The Kier molecular flexibility index (Phi) is 5.61. The second-order valence-corrected chi connectivity index (χ2v) is 6.26. The number of nitrogens with one attached hydrogen (secondary N) is 1. The van der Waals surface area contributed by atoms with Crippen LogP contribution in [0.3, 0.4) is 0 Å². The fourth-order valence-corrected chi connectivity index (χ4v) is 3.18. The molecule has 140 valence electrons. The summed E-state index contributed by atoms with van der Waals surface area (Å²) < 4.78 is 44.6. The summed E-state index contributed by atoms with van der Waals surface area (Å²) in [5.41, 5.74) is -0.230. The van der Waals surface area contributed by atoms with E-state index in [1.807, 2.05) is 0 Å². The number of piperidine rings is 1. The molecule has 8 heteroatoms. The number of nitrogens with zero attached hydrogens (tertiary/aromatic N) is 3. The van der Waals surface area contributed by atoms with Crippen molar-refractivity contribution in [3.8, 4) is 5.88 Å². The number of likely N-dealkylation sites (tertiary alicyclic amines) is 1. The minimum absolute atomic E-state index is 0.190. The predicted molar refractivity (Wildman–Crippen MR) is 91.9 cm³/mol. The molecule has 0 saturated carbocycles. The lowest BCUT2D eigenvalue weighted by Crippen LogP contribution is -2.39. The number of hydrogen-bond acceptors (Lipinski definition) is 5. The third kappa shape index (κ3) is 4.43. The Hall–Kier alpha value is -2.35. The molecule has 0 aliphatic carbocycles. The quantitative estimate of drug-likeness (QED) is 0.877. The molecule has 2 heterocycles. The van der Waals surface area contributed by atoms with Gasteiger partial charge in [0.25, 0.3) is 5.88 Å². The Morgan fingerprint density at radius 1 is 1.15 bits per heavy atom. The zero-order valence-electron chi connectivity index (χ0n) is 14.5. The van der Waals surface area contributed by atoms with Crippen molar-refractivity contribution in [3.05, 3.63) is 47.8 Å². The third-order valence-corrected chi connectivity index (χ3v) is 4.50. The van der Waals surface area contributed by atoms with E-state index in [4.69, 9.17) is 4.74 Å². The first kappa shape index (κ1) is 18.4. The number of ether oxygens (including phenoxy) is 1. The van der Waals surface area contributed by atoms with E-state index in [1.165, 1.54) is 13.2 Å². The van der Waals surface area contributed by atoms with Crippen LogP contribution in [0.2, 0.25) is 0 Å². The maximum atomic E-state index is 13.1. The molecule has 0 amide bonds. The topological polar surface area (TPSA) is 50.3 Å². The smallest absolute Gasteiger partial charge is 0.416 e. The summed E-state index contributed by atoms with van der Waals surface area (Å²) in [5.74, 6) is 1.03. The fraction of sp³-hybridized carbons (Fsp3) is 0.444. The summed E-state index contributed by atoms with van der Waals surface area (Å²) in [6.45, 7) is 1.73. The van der Waals surface area contributed by atoms with Crippen molar-refractivity contribution in [2.45, 2.75) is 31.6 Å². The van der Waals surface area contributed by atoms with Crippen molar-refractivity contribution in [2.75, 3.05) is 25.5 Å². The SMILES string of the molecule is COc1nccnc1NC1CCN(Cc2ccccc2C(F)(F)F)CC1. The molecule has 2 aromatic rings. The first-order valence-electron chi connectivity index (χ1n) is 8.46. The van der Waals surface area contributed by atoms with E-state index in [-0.39, 0.29) is 6.04 Å². The van der Waals surface area contributed by atoms with Gasteiger partial charge in [0, 0.05) is 38.1 Å². The van der Waals surface area contributed by atoms with Crippen LogP contribution in [-0.2, 0) is 12.7 Å². The Labute approximate surface area is 150 Å². The van der Waals surface area contributed by atoms with Crippen molar-refractivity contribution in [2.24, 2.45) is 0 Å². The van der Waals surface area contributed by atoms with Gasteiger partial charge in [0.05, 0.1) is 12.7 Å². The highest BCUT2D eigenvalue weighted by Crippen LogP contribution is 2.32. The number of rotatable bonds is 5. The van der Waals surface area contributed by atoms with Gasteiger partial charge in [-0.25, -0.2) is 9.97 Å². The van der Waals surface area contributed by atoms with E-state index in [2.05, 4.69) is 20.2 Å². The molecule has 1 aromatic carbocycles. The van der Waals surface area contributed by atoms with E-state index >= 15 is 0 Å². The van der Waals surface area contributed by atoms with E-state index in [0.717, 1.165) is 18.9 Å². The highest BCUT2D eigenvalue weighted by Gasteiger charge is 2.33. The molecule has 1 aromatic heterocycles. The normalized spacial score (nSPS) is 16.5. The first-order valence-corrected chi connectivity index (χ1v) is 8.46. The highest BCUT2D eigenvalue weighted by atomic mass is 19.4. The summed E-state index contributed by atoms with van der Waals surface area (Å²) in [7, 11) is 1.54. The van der Waals surface area contributed by atoms with Crippen LogP contribution in [0.4, 0.5) is 19.0 Å². The molecule has 0 spiro atoms. The van der Waals surface area contributed by atoms with E-state index < -0.39 is 11.7 Å². The van der Waals surface area contributed by atoms with Gasteiger partial charge in [-0.1, -0.05) is 18.2 Å². The van der Waals surface area contributed by atoms with Gasteiger partial charge in [-0.05, 0) is 24.5 Å². The Bertz CT molecular complexity index is 730. The Balaban J connectivity index is 1.58. The minimum Gasteiger partial charge on any atom is -0.478 e. The van der Waals surface area contributed by atoms with Gasteiger partial charge in [0.1, 0.15) is 0 Å². The molecule has 1 saturated heterocycles. The van der Waals surface area contributed by atoms with Gasteiger partial charge in [0.2, 0.25) is 0 Å². The maximum Gasteiger partial charge on any atom is 0.416 e. The van der Waals surface area contributed by atoms with Crippen LogP contribution in [0.25, 0.3) is 0 Å². The number of benzene rings is 1. The number of halogens is 3. The van der Waals surface area contributed by atoms with E-state index in [1.54, 1.807) is 24.5 Å².